The van der Waals surface area contributed by atoms with Gasteiger partial charge in [0, 0.05) is 31.1 Å². The molecular weight excluding hydrogens is 490 g/mol. The largest absolute Gasteiger partial charge is 0.331 e. The quantitative estimate of drug-likeness (QED) is 0.271. The molecule has 3 rings (SSSR count). The number of carbonyl (C=O) groups is 1. The van der Waals surface area contributed by atoms with E-state index >= 15 is 0 Å². The molecule has 0 amide bonds. The minimum absolute atomic E-state index is 0.218. The van der Waals surface area contributed by atoms with E-state index in [1.807, 2.05) is 38.1 Å². The molecule has 3 aromatic carbocycles. The van der Waals surface area contributed by atoms with Crippen LogP contribution < -0.4 is 11.1 Å². The van der Waals surface area contributed by atoms with E-state index in [0.717, 1.165) is 38.0 Å². The Labute approximate surface area is 245 Å². The highest BCUT2D eigenvalue weighted by Gasteiger charge is 2.01. The van der Waals surface area contributed by atoms with Crippen molar-refractivity contribution in [3.8, 4) is 0 Å². The number of benzene rings is 3. The highest BCUT2D eigenvalue weighted by atomic mass is 16.1. The van der Waals surface area contributed by atoms with E-state index in [1.54, 1.807) is 6.92 Å². The van der Waals surface area contributed by atoms with Gasteiger partial charge in [0.25, 0.3) is 0 Å². The zero-order valence-electron chi connectivity index (χ0n) is 26.7. The number of aryl methyl sites for hydroxylation is 3. The van der Waals surface area contributed by atoms with Crippen molar-refractivity contribution in [3.05, 3.63) is 106 Å². The molecule has 0 saturated carbocycles. The lowest BCUT2D eigenvalue weighted by molar-refractivity contribution is -0.116. The monoisotopic (exact) mass is 545 g/mol. The zero-order chi connectivity index (χ0) is 30.3. The average Bonchev–Trinajstić information content (AvgIpc) is 2.85. The van der Waals surface area contributed by atoms with Gasteiger partial charge in [0.15, 0.2) is 0 Å². The predicted octanol–water partition coefficient (Wildman–Crippen LogP) is 7.65. The second-order valence-electron chi connectivity index (χ2n) is 10.3. The molecule has 0 aromatic heterocycles. The topological polar surface area (TPSA) is 67.5 Å². The number of likely N-dealkylation sites (N-methyl/N-ethyl adjacent to an activating group) is 1. The molecule has 0 saturated heterocycles. The summed E-state index contributed by atoms with van der Waals surface area (Å²) >= 11 is 0. The smallest absolute Gasteiger partial charge is 0.134 e. The fraction of sp³-hybridized carbons (Fsp3) is 0.444. The number of nitrogens with zero attached hydrogens (tertiary/aromatic N) is 1. The second-order valence-corrected chi connectivity index (χ2v) is 10.3. The van der Waals surface area contributed by atoms with Crippen LogP contribution in [-0.2, 0) is 24.1 Å². The Morgan fingerprint density at radius 1 is 0.775 bits per heavy atom. The fourth-order valence-electron chi connectivity index (χ4n) is 4.17. The molecule has 220 valence electrons. The maximum absolute atomic E-state index is 10.7. The molecule has 4 nitrogen and oxygen atoms in total. The normalized spacial score (nSPS) is 11.1. The van der Waals surface area contributed by atoms with Crippen LogP contribution in [0.15, 0.2) is 77.8 Å². The van der Waals surface area contributed by atoms with Gasteiger partial charge >= 0.3 is 0 Å². The Morgan fingerprint density at radius 2 is 1.20 bits per heavy atom. The summed E-state index contributed by atoms with van der Waals surface area (Å²) < 4.78 is 0. The molecular formula is C36H55N3O. The number of nitrogens with two attached hydrogens (primary N) is 1. The highest BCUT2D eigenvalue weighted by Crippen LogP contribution is 2.07. The zero-order valence-corrected chi connectivity index (χ0v) is 26.7. The van der Waals surface area contributed by atoms with Crippen molar-refractivity contribution in [2.24, 2.45) is 10.7 Å². The van der Waals surface area contributed by atoms with Crippen molar-refractivity contribution >= 4 is 11.5 Å². The molecule has 0 fully saturated rings. The Morgan fingerprint density at radius 3 is 1.60 bits per heavy atom. The Hall–Kier alpha value is -3.08. The summed E-state index contributed by atoms with van der Waals surface area (Å²) in [6.45, 7) is 21.0. The number of carbonyl (C=O) groups excluding carboxylic acids is 1. The first-order valence-corrected chi connectivity index (χ1v) is 14.6. The summed E-state index contributed by atoms with van der Waals surface area (Å²) in [6.07, 6.45) is 2.66. The minimum Gasteiger partial charge on any atom is -0.331 e. The van der Waals surface area contributed by atoms with Crippen LogP contribution in [0.4, 0.5) is 0 Å². The first-order valence-electron chi connectivity index (χ1n) is 14.6. The number of ketones is 1. The van der Waals surface area contributed by atoms with Gasteiger partial charge in [0.1, 0.15) is 5.78 Å². The Balaban J connectivity index is 0.000000545. The molecule has 3 aromatic rings. The summed E-state index contributed by atoms with van der Waals surface area (Å²) in [4.78, 5) is 15.1. The van der Waals surface area contributed by atoms with Gasteiger partial charge in [-0.2, -0.15) is 0 Å². The number of hydrogen-bond acceptors (Lipinski definition) is 4. The molecule has 1 unspecified atom stereocenters. The average molecular weight is 546 g/mol. The first kappa shape index (κ1) is 36.9. The molecule has 0 aliphatic rings. The number of Topliss-reactive ketones (excluding diaryl/α,β-unsaturated/α-hetero) is 1. The van der Waals surface area contributed by atoms with Crippen LogP contribution in [0.25, 0.3) is 0 Å². The molecule has 40 heavy (non-hydrogen) atoms. The lowest BCUT2D eigenvalue weighted by Crippen LogP contribution is -2.27. The third-order valence-corrected chi connectivity index (χ3v) is 5.68. The maximum Gasteiger partial charge on any atom is 0.134 e. The van der Waals surface area contributed by atoms with Gasteiger partial charge in [0.05, 0.1) is 0 Å². The third kappa shape index (κ3) is 19.9. The van der Waals surface area contributed by atoms with E-state index in [2.05, 4.69) is 100 Å². The first-order chi connectivity index (χ1) is 19.0. The van der Waals surface area contributed by atoms with Gasteiger partial charge in [-0.3, -0.25) is 9.79 Å². The van der Waals surface area contributed by atoms with Crippen LogP contribution in [0.2, 0.25) is 0 Å². The standard InChI is InChI=1S/C12H19N.C12H17N.C10H12O.C2H7N/c2*1-4-13-11(3)9-12-7-5-6-10(2)8-12;1-8-4-3-5-10(6-8)7-9(2)11;1-2-3/h5-8,11,13H,4,9H2,1-3H3;5-8H,4,9H2,1-3H3;3-6H,7H2,1-2H3;2-3H2,1H3. The molecule has 0 heterocycles. The number of nitrogens with one attached hydrogen (secondary N) is 1. The summed E-state index contributed by atoms with van der Waals surface area (Å²) in [5.74, 6) is 0.218. The van der Waals surface area contributed by atoms with Crippen LogP contribution in [0.5, 0.6) is 0 Å². The number of rotatable bonds is 9. The van der Waals surface area contributed by atoms with Crippen molar-refractivity contribution in [2.75, 3.05) is 19.6 Å². The van der Waals surface area contributed by atoms with Crippen molar-refractivity contribution < 1.29 is 4.79 Å². The van der Waals surface area contributed by atoms with Crippen LogP contribution in [0.1, 0.15) is 74.9 Å². The molecule has 0 aliphatic carbocycles. The molecule has 0 aliphatic heterocycles. The summed E-state index contributed by atoms with van der Waals surface area (Å²) in [5, 5.41) is 3.41. The van der Waals surface area contributed by atoms with Gasteiger partial charge in [-0.05, 0) is 84.7 Å². The highest BCUT2D eigenvalue weighted by molar-refractivity contribution is 5.84. The van der Waals surface area contributed by atoms with Gasteiger partial charge in [-0.1, -0.05) is 103 Å². The maximum atomic E-state index is 10.7. The van der Waals surface area contributed by atoms with Crippen molar-refractivity contribution in [1.29, 1.82) is 0 Å². The minimum atomic E-state index is 0.218. The van der Waals surface area contributed by atoms with Gasteiger partial charge in [-0.15, -0.1) is 0 Å². The van der Waals surface area contributed by atoms with E-state index < -0.39 is 0 Å². The Kier molecular flexibility index (Phi) is 21.0. The molecule has 4 heteroatoms. The van der Waals surface area contributed by atoms with Crippen molar-refractivity contribution in [3.63, 3.8) is 0 Å². The summed E-state index contributed by atoms with van der Waals surface area (Å²) in [6, 6.07) is 25.9. The van der Waals surface area contributed by atoms with E-state index in [4.69, 9.17) is 5.73 Å². The fourth-order valence-corrected chi connectivity index (χ4v) is 4.17. The lowest BCUT2D eigenvalue weighted by Gasteiger charge is -2.12. The van der Waals surface area contributed by atoms with Crippen molar-refractivity contribution in [2.45, 2.75) is 87.6 Å². The predicted molar refractivity (Wildman–Crippen MR) is 177 cm³/mol. The van der Waals surface area contributed by atoms with E-state index in [9.17, 15) is 4.79 Å². The number of hydrogen-bond donors (Lipinski definition) is 2. The van der Waals surface area contributed by atoms with Gasteiger partial charge in [0.2, 0.25) is 0 Å². The van der Waals surface area contributed by atoms with Crippen LogP contribution >= 0.6 is 0 Å². The Bertz CT molecular complexity index is 1120. The lowest BCUT2D eigenvalue weighted by atomic mass is 10.1. The molecule has 0 bridgehead atoms. The molecule has 0 spiro atoms. The van der Waals surface area contributed by atoms with Crippen LogP contribution in [0.3, 0.4) is 0 Å². The van der Waals surface area contributed by atoms with Crippen LogP contribution in [0, 0.1) is 20.8 Å². The van der Waals surface area contributed by atoms with Crippen LogP contribution in [-0.4, -0.2) is 37.2 Å². The van der Waals surface area contributed by atoms with Gasteiger partial charge in [-0.25, -0.2) is 0 Å². The summed E-state index contributed by atoms with van der Waals surface area (Å²) in [7, 11) is 0. The molecule has 1 atom stereocenters. The third-order valence-electron chi connectivity index (χ3n) is 5.68. The number of aliphatic imine (C=N–C) groups is 1. The second kappa shape index (κ2) is 22.7. The van der Waals surface area contributed by atoms with E-state index in [1.165, 1.54) is 33.5 Å². The van der Waals surface area contributed by atoms with E-state index in [-0.39, 0.29) is 5.78 Å². The van der Waals surface area contributed by atoms with Crippen molar-refractivity contribution in [1.82, 2.24) is 5.32 Å². The summed E-state index contributed by atoms with van der Waals surface area (Å²) in [5.41, 5.74) is 13.8. The molecule has 3 N–H and O–H groups in total. The van der Waals surface area contributed by atoms with E-state index in [0.29, 0.717) is 12.5 Å². The SMILES string of the molecule is CC(=O)Cc1cccc(C)c1.CCN.CCN=C(C)Cc1cccc(C)c1.CCNC(C)Cc1cccc(C)c1. The molecule has 0 radical (unpaired) electrons. The van der Waals surface area contributed by atoms with Gasteiger partial charge < -0.3 is 11.1 Å².